The van der Waals surface area contributed by atoms with Gasteiger partial charge in [0.15, 0.2) is 11.4 Å². The van der Waals surface area contributed by atoms with E-state index in [2.05, 4.69) is 22.7 Å². The molecule has 0 unspecified atom stereocenters. The summed E-state index contributed by atoms with van der Waals surface area (Å²) in [6, 6.07) is 6.54. The fraction of sp³-hybridized carbons (Fsp3) is 0.300. The van der Waals surface area contributed by atoms with E-state index in [-0.39, 0.29) is 28.9 Å². The highest BCUT2D eigenvalue weighted by Crippen LogP contribution is 2.33. The van der Waals surface area contributed by atoms with Crippen molar-refractivity contribution in [1.29, 1.82) is 5.26 Å². The van der Waals surface area contributed by atoms with Gasteiger partial charge in [-0.15, -0.1) is 6.58 Å². The molecular weight excluding hydrogens is 392 g/mol. The molecule has 2 atom stereocenters. The van der Waals surface area contributed by atoms with Crippen molar-refractivity contribution < 1.29 is 17.9 Å². The molecule has 8 nitrogen and oxygen atoms in total. The highest BCUT2D eigenvalue weighted by Gasteiger charge is 2.35. The normalized spacial score (nSPS) is 18.5. The Hall–Kier alpha value is -3.09. The van der Waals surface area contributed by atoms with E-state index < -0.39 is 22.0 Å². The van der Waals surface area contributed by atoms with E-state index in [0.29, 0.717) is 11.3 Å². The Morgan fingerprint density at radius 2 is 2.24 bits per heavy atom. The minimum absolute atomic E-state index is 0.00359. The van der Waals surface area contributed by atoms with E-state index in [0.717, 1.165) is 5.56 Å². The standard InChI is InChI=1S/C20H22N4O4S/c1-5-12(2)16-11-28-19-17(29(26,27)23-16)10-24(4)18(19)20(25)22-15-7-6-13(3)14(8-15)9-21/h5-8,10,12,16,23H,1,11H2,2-4H3,(H,22,25)/t12-,16-/m1/s1. The number of fused-ring (bicyclic) bond motifs is 1. The van der Waals surface area contributed by atoms with E-state index in [9.17, 15) is 18.5 Å². The lowest BCUT2D eigenvalue weighted by Crippen LogP contribution is -2.41. The molecule has 29 heavy (non-hydrogen) atoms. The van der Waals surface area contributed by atoms with E-state index in [1.807, 2.05) is 6.92 Å². The van der Waals surface area contributed by atoms with Crippen LogP contribution >= 0.6 is 0 Å². The first-order chi connectivity index (χ1) is 13.7. The predicted octanol–water partition coefficient (Wildman–Crippen LogP) is 2.32. The summed E-state index contributed by atoms with van der Waals surface area (Å²) in [5.74, 6) is -0.687. The molecule has 152 valence electrons. The van der Waals surface area contributed by atoms with Crippen molar-refractivity contribution in [2.75, 3.05) is 11.9 Å². The molecule has 1 amide bonds. The van der Waals surface area contributed by atoms with Crippen molar-refractivity contribution in [3.8, 4) is 11.8 Å². The highest BCUT2D eigenvalue weighted by atomic mass is 32.2. The number of nitrogens with one attached hydrogen (secondary N) is 2. The number of carbonyl (C=O) groups excluding carboxylic acids is 1. The average molecular weight is 414 g/mol. The lowest BCUT2D eigenvalue weighted by molar-refractivity contribution is 0.101. The number of benzene rings is 1. The van der Waals surface area contributed by atoms with Crippen molar-refractivity contribution in [1.82, 2.24) is 9.29 Å². The molecule has 1 aliphatic heterocycles. The maximum Gasteiger partial charge on any atom is 0.276 e. The molecule has 2 N–H and O–H groups in total. The fourth-order valence-electron chi connectivity index (χ4n) is 3.07. The maximum absolute atomic E-state index is 12.9. The van der Waals surface area contributed by atoms with E-state index in [4.69, 9.17) is 4.74 Å². The first-order valence-corrected chi connectivity index (χ1v) is 10.5. The van der Waals surface area contributed by atoms with Gasteiger partial charge in [0.2, 0.25) is 10.0 Å². The minimum Gasteiger partial charge on any atom is -0.488 e. The highest BCUT2D eigenvalue weighted by molar-refractivity contribution is 7.89. The smallest absolute Gasteiger partial charge is 0.276 e. The van der Waals surface area contributed by atoms with Crippen molar-refractivity contribution in [3.63, 3.8) is 0 Å². The summed E-state index contributed by atoms with van der Waals surface area (Å²) >= 11 is 0. The van der Waals surface area contributed by atoms with Gasteiger partial charge in [-0.25, -0.2) is 13.1 Å². The van der Waals surface area contributed by atoms with E-state index >= 15 is 0 Å². The monoisotopic (exact) mass is 414 g/mol. The second kappa shape index (κ2) is 7.73. The van der Waals surface area contributed by atoms with Gasteiger partial charge >= 0.3 is 0 Å². The number of ether oxygens (including phenoxy) is 1. The van der Waals surface area contributed by atoms with Gasteiger partial charge < -0.3 is 14.6 Å². The van der Waals surface area contributed by atoms with Crippen LogP contribution in [0.5, 0.6) is 5.75 Å². The number of anilines is 1. The number of amides is 1. The van der Waals surface area contributed by atoms with Crippen LogP contribution in [0.3, 0.4) is 0 Å². The topological polar surface area (TPSA) is 113 Å². The number of aryl methyl sites for hydroxylation is 2. The summed E-state index contributed by atoms with van der Waals surface area (Å²) < 4.78 is 35.4. The van der Waals surface area contributed by atoms with Gasteiger partial charge in [0.25, 0.3) is 5.91 Å². The van der Waals surface area contributed by atoms with Crippen LogP contribution < -0.4 is 14.8 Å². The third-order valence-corrected chi connectivity index (χ3v) is 6.43. The quantitative estimate of drug-likeness (QED) is 0.746. The Labute approximate surface area is 169 Å². The van der Waals surface area contributed by atoms with Gasteiger partial charge in [0.05, 0.1) is 17.7 Å². The third-order valence-electron chi connectivity index (χ3n) is 4.94. The Bertz CT molecular complexity index is 1130. The lowest BCUT2D eigenvalue weighted by atomic mass is 10.0. The van der Waals surface area contributed by atoms with Crippen LogP contribution in [0.2, 0.25) is 0 Å². The van der Waals surface area contributed by atoms with Gasteiger partial charge in [-0.3, -0.25) is 4.79 Å². The molecule has 2 aromatic rings. The second-order valence-electron chi connectivity index (χ2n) is 7.01. The van der Waals surface area contributed by atoms with Crippen molar-refractivity contribution in [2.45, 2.75) is 24.8 Å². The second-order valence-corrected chi connectivity index (χ2v) is 8.69. The van der Waals surface area contributed by atoms with Crippen molar-refractivity contribution >= 4 is 21.6 Å². The molecule has 9 heteroatoms. The van der Waals surface area contributed by atoms with Crippen molar-refractivity contribution in [3.05, 3.63) is 53.9 Å². The summed E-state index contributed by atoms with van der Waals surface area (Å²) in [6.45, 7) is 7.39. The Kier molecular flexibility index (Phi) is 5.50. The van der Waals surface area contributed by atoms with Gasteiger partial charge in [-0.05, 0) is 30.5 Å². The molecule has 3 rings (SSSR count). The number of hydrogen-bond donors (Lipinski definition) is 2. The van der Waals surface area contributed by atoms with Gasteiger partial charge in [-0.1, -0.05) is 19.1 Å². The van der Waals surface area contributed by atoms with E-state index in [1.54, 1.807) is 38.2 Å². The Morgan fingerprint density at radius 1 is 1.52 bits per heavy atom. The zero-order valence-electron chi connectivity index (χ0n) is 16.4. The molecule has 1 aromatic carbocycles. The molecule has 0 fully saturated rings. The predicted molar refractivity (Wildman–Crippen MR) is 108 cm³/mol. The molecule has 0 bridgehead atoms. The number of rotatable bonds is 4. The number of aromatic nitrogens is 1. The fourth-order valence-corrected chi connectivity index (χ4v) is 4.58. The zero-order chi connectivity index (χ0) is 21.3. The van der Waals surface area contributed by atoms with Crippen molar-refractivity contribution in [2.24, 2.45) is 13.0 Å². The Morgan fingerprint density at radius 3 is 2.90 bits per heavy atom. The summed E-state index contributed by atoms with van der Waals surface area (Å²) in [4.78, 5) is 12.8. The average Bonchev–Trinajstić information content (AvgIpc) is 2.96. The number of carbonyl (C=O) groups is 1. The third kappa shape index (κ3) is 3.90. The largest absolute Gasteiger partial charge is 0.488 e. The molecule has 0 radical (unpaired) electrons. The van der Waals surface area contributed by atoms with Crippen LogP contribution in [-0.2, 0) is 17.1 Å². The zero-order valence-corrected chi connectivity index (χ0v) is 17.2. The van der Waals surface area contributed by atoms with Crippen LogP contribution in [-0.4, -0.2) is 31.5 Å². The number of nitriles is 1. The minimum atomic E-state index is -3.87. The van der Waals surface area contributed by atoms with E-state index in [1.165, 1.54) is 10.8 Å². The summed E-state index contributed by atoms with van der Waals surface area (Å²) in [6.07, 6.45) is 2.99. The summed E-state index contributed by atoms with van der Waals surface area (Å²) in [7, 11) is -2.30. The van der Waals surface area contributed by atoms with Gasteiger partial charge in [-0.2, -0.15) is 5.26 Å². The first kappa shape index (κ1) is 20.6. The first-order valence-electron chi connectivity index (χ1n) is 8.97. The molecule has 0 aliphatic carbocycles. The van der Waals surface area contributed by atoms with Crippen LogP contribution in [0.1, 0.15) is 28.5 Å². The molecular formula is C20H22N4O4S. The number of sulfonamides is 1. The maximum atomic E-state index is 12.9. The summed E-state index contributed by atoms with van der Waals surface area (Å²) in [5, 5.41) is 11.9. The summed E-state index contributed by atoms with van der Waals surface area (Å²) in [5.41, 5.74) is 1.75. The number of nitrogens with zero attached hydrogens (tertiary/aromatic N) is 2. The Balaban J connectivity index is 1.97. The number of hydrogen-bond acceptors (Lipinski definition) is 5. The molecule has 2 heterocycles. The SMILES string of the molecule is C=C[C@@H](C)[C@H]1COc2c(cn(C)c2C(=O)Nc2ccc(C)c(C#N)c2)S(=O)(=O)N1. The van der Waals surface area contributed by atoms with Crippen LogP contribution in [0.15, 0.2) is 41.9 Å². The molecule has 0 saturated carbocycles. The van der Waals surface area contributed by atoms with Gasteiger partial charge in [0, 0.05) is 18.9 Å². The molecule has 1 aromatic heterocycles. The van der Waals surface area contributed by atoms with Crippen LogP contribution in [0, 0.1) is 24.2 Å². The molecule has 0 saturated heterocycles. The molecule has 0 spiro atoms. The van der Waals surface area contributed by atoms with Crippen LogP contribution in [0.25, 0.3) is 0 Å². The van der Waals surface area contributed by atoms with Crippen LogP contribution in [0.4, 0.5) is 5.69 Å². The lowest BCUT2D eigenvalue weighted by Gasteiger charge is -2.19. The molecule has 1 aliphatic rings. The van der Waals surface area contributed by atoms with Gasteiger partial charge in [0.1, 0.15) is 11.5 Å².